The van der Waals surface area contributed by atoms with E-state index in [1.54, 1.807) is 18.2 Å². The van der Waals surface area contributed by atoms with Crippen LogP contribution in [0.3, 0.4) is 0 Å². The second-order valence-corrected chi connectivity index (χ2v) is 7.47. The molecule has 0 aliphatic carbocycles. The Balaban J connectivity index is 1.92. The van der Waals surface area contributed by atoms with E-state index in [9.17, 15) is 4.79 Å². The van der Waals surface area contributed by atoms with E-state index in [2.05, 4.69) is 29.3 Å². The van der Waals surface area contributed by atoms with E-state index in [4.69, 9.17) is 23.2 Å². The van der Waals surface area contributed by atoms with Gasteiger partial charge in [-0.1, -0.05) is 64.9 Å². The summed E-state index contributed by atoms with van der Waals surface area (Å²) in [5, 5.41) is 3.08. The van der Waals surface area contributed by atoms with E-state index in [0.29, 0.717) is 20.4 Å². The summed E-state index contributed by atoms with van der Waals surface area (Å²) in [4.78, 5) is 17.4. The fourth-order valence-electron chi connectivity index (χ4n) is 2.83. The van der Waals surface area contributed by atoms with Crippen molar-refractivity contribution >= 4 is 61.4 Å². The highest BCUT2D eigenvalue weighted by atomic mass is 35.5. The molecule has 0 aliphatic rings. The Hall–Kier alpha value is -2.14. The molecule has 6 heteroatoms. The van der Waals surface area contributed by atoms with Crippen LogP contribution in [-0.4, -0.2) is 10.5 Å². The quantitative estimate of drug-likeness (QED) is 0.428. The number of fused-ring (bicyclic) bond motifs is 3. The second-order valence-electron chi connectivity index (χ2n) is 5.62. The highest BCUT2D eigenvalue weighted by Crippen LogP contribution is 2.27. The monoisotopic (exact) mass is 386 g/mol. The molecule has 1 amide bonds. The average Bonchev–Trinajstić information content (AvgIpc) is 2.91. The smallest absolute Gasteiger partial charge is 0.281 e. The first kappa shape index (κ1) is 16.3. The molecule has 1 aromatic heterocycles. The summed E-state index contributed by atoms with van der Waals surface area (Å²) in [5.74, 6) is -0.381. The molecular formula is C19H12Cl2N2OS. The Kier molecular flexibility index (Phi) is 4.12. The maximum atomic E-state index is 12.5. The van der Waals surface area contributed by atoms with Crippen molar-refractivity contribution in [3.8, 4) is 0 Å². The first-order valence-corrected chi connectivity index (χ1v) is 9.13. The maximum absolute atomic E-state index is 12.5. The van der Waals surface area contributed by atoms with Gasteiger partial charge in [0.05, 0.1) is 20.8 Å². The molecule has 0 bridgehead atoms. The standard InChI is InChI=1S/C19H12Cl2N2OS/c1-23-17-13-5-3-2-4-11(13)6-9-16(17)25-19(23)22-18(24)14-8-7-12(20)10-15(14)21/h2-10H,1H3. The molecule has 25 heavy (non-hydrogen) atoms. The van der Waals surface area contributed by atoms with Gasteiger partial charge in [0, 0.05) is 17.5 Å². The number of aromatic nitrogens is 1. The van der Waals surface area contributed by atoms with Gasteiger partial charge in [-0.3, -0.25) is 4.79 Å². The number of nitrogens with zero attached hydrogens (tertiary/aromatic N) is 2. The van der Waals surface area contributed by atoms with E-state index < -0.39 is 0 Å². The van der Waals surface area contributed by atoms with Crippen LogP contribution in [-0.2, 0) is 7.05 Å². The zero-order valence-electron chi connectivity index (χ0n) is 13.2. The van der Waals surface area contributed by atoms with Crippen molar-refractivity contribution in [3.63, 3.8) is 0 Å². The number of carbonyl (C=O) groups excluding carboxylic acids is 1. The molecule has 0 atom stereocenters. The minimum absolute atomic E-state index is 0.301. The second kappa shape index (κ2) is 6.30. The Morgan fingerprint density at radius 1 is 1.08 bits per heavy atom. The Morgan fingerprint density at radius 3 is 2.68 bits per heavy atom. The number of benzene rings is 3. The highest BCUT2D eigenvalue weighted by Gasteiger charge is 2.12. The van der Waals surface area contributed by atoms with Gasteiger partial charge in [0.25, 0.3) is 5.91 Å². The minimum Gasteiger partial charge on any atom is -0.319 e. The molecule has 0 fully saturated rings. The summed E-state index contributed by atoms with van der Waals surface area (Å²) < 4.78 is 3.03. The first-order chi connectivity index (χ1) is 12.0. The van der Waals surface area contributed by atoms with E-state index in [1.807, 2.05) is 23.7 Å². The molecule has 0 unspecified atom stereocenters. The molecule has 1 heterocycles. The molecule has 4 rings (SSSR count). The lowest BCUT2D eigenvalue weighted by Gasteiger charge is -2.02. The number of halogens is 2. The van der Waals surface area contributed by atoms with Gasteiger partial charge in [0.15, 0.2) is 4.80 Å². The molecule has 0 N–H and O–H groups in total. The lowest BCUT2D eigenvalue weighted by Crippen LogP contribution is -2.13. The molecule has 124 valence electrons. The van der Waals surface area contributed by atoms with Gasteiger partial charge in [-0.05, 0) is 29.7 Å². The third-order valence-corrected chi connectivity index (χ3v) is 5.69. The van der Waals surface area contributed by atoms with Gasteiger partial charge in [0.1, 0.15) is 0 Å². The van der Waals surface area contributed by atoms with E-state index in [1.165, 1.54) is 11.3 Å². The number of carbonyl (C=O) groups is 1. The van der Waals surface area contributed by atoms with Crippen molar-refractivity contribution in [3.05, 3.63) is 75.0 Å². The van der Waals surface area contributed by atoms with Crippen molar-refractivity contribution in [2.45, 2.75) is 0 Å². The lowest BCUT2D eigenvalue weighted by atomic mass is 10.1. The normalized spacial score (nSPS) is 12.2. The molecule has 0 spiro atoms. The van der Waals surface area contributed by atoms with Gasteiger partial charge >= 0.3 is 0 Å². The molecule has 0 aliphatic heterocycles. The number of amides is 1. The largest absolute Gasteiger partial charge is 0.319 e. The van der Waals surface area contributed by atoms with Crippen LogP contribution in [0.25, 0.3) is 21.0 Å². The average molecular weight is 387 g/mol. The van der Waals surface area contributed by atoms with Crippen molar-refractivity contribution in [2.75, 3.05) is 0 Å². The van der Waals surface area contributed by atoms with Crippen LogP contribution < -0.4 is 4.80 Å². The van der Waals surface area contributed by atoms with Crippen molar-refractivity contribution < 1.29 is 4.79 Å². The molecule has 4 aromatic rings. The van der Waals surface area contributed by atoms with Crippen LogP contribution in [0.4, 0.5) is 0 Å². The summed E-state index contributed by atoms with van der Waals surface area (Å²) in [6.07, 6.45) is 0. The molecule has 3 aromatic carbocycles. The minimum atomic E-state index is -0.381. The molecule has 0 saturated carbocycles. The number of rotatable bonds is 1. The van der Waals surface area contributed by atoms with E-state index in [0.717, 1.165) is 21.0 Å². The van der Waals surface area contributed by atoms with Gasteiger partial charge in [0.2, 0.25) is 0 Å². The summed E-state index contributed by atoms with van der Waals surface area (Å²) in [7, 11) is 1.92. The van der Waals surface area contributed by atoms with Crippen LogP contribution in [0, 0.1) is 0 Å². The number of hydrogen-bond donors (Lipinski definition) is 0. The van der Waals surface area contributed by atoms with E-state index >= 15 is 0 Å². The first-order valence-electron chi connectivity index (χ1n) is 7.56. The fourth-order valence-corrected chi connectivity index (χ4v) is 4.36. The third-order valence-electron chi connectivity index (χ3n) is 4.05. The van der Waals surface area contributed by atoms with Crippen LogP contribution in [0.2, 0.25) is 10.0 Å². The van der Waals surface area contributed by atoms with Crippen molar-refractivity contribution in [1.29, 1.82) is 0 Å². The van der Waals surface area contributed by atoms with Crippen LogP contribution in [0.1, 0.15) is 10.4 Å². The van der Waals surface area contributed by atoms with Crippen LogP contribution in [0.15, 0.2) is 59.6 Å². The highest BCUT2D eigenvalue weighted by molar-refractivity contribution is 7.16. The number of hydrogen-bond acceptors (Lipinski definition) is 2. The summed E-state index contributed by atoms with van der Waals surface area (Å²) in [5.41, 5.74) is 1.41. The predicted octanol–water partition coefficient (Wildman–Crippen LogP) is 5.44. The Morgan fingerprint density at radius 2 is 1.88 bits per heavy atom. The van der Waals surface area contributed by atoms with Gasteiger partial charge in [-0.15, -0.1) is 0 Å². The van der Waals surface area contributed by atoms with Crippen LogP contribution in [0.5, 0.6) is 0 Å². The van der Waals surface area contributed by atoms with E-state index in [-0.39, 0.29) is 5.91 Å². The van der Waals surface area contributed by atoms with Crippen molar-refractivity contribution in [2.24, 2.45) is 12.0 Å². The maximum Gasteiger partial charge on any atom is 0.281 e. The topological polar surface area (TPSA) is 34.4 Å². The molecule has 3 nitrogen and oxygen atoms in total. The van der Waals surface area contributed by atoms with Gasteiger partial charge in [-0.25, -0.2) is 0 Å². The van der Waals surface area contributed by atoms with Gasteiger partial charge < -0.3 is 4.57 Å². The third kappa shape index (κ3) is 2.86. The Labute approximate surface area is 157 Å². The van der Waals surface area contributed by atoms with Crippen molar-refractivity contribution in [1.82, 2.24) is 4.57 Å². The zero-order chi connectivity index (χ0) is 17.6. The van der Waals surface area contributed by atoms with Crippen LogP contribution >= 0.6 is 34.5 Å². The molecular weight excluding hydrogens is 375 g/mol. The van der Waals surface area contributed by atoms with Gasteiger partial charge in [-0.2, -0.15) is 4.99 Å². The predicted molar refractivity (Wildman–Crippen MR) is 105 cm³/mol. The number of thiazole rings is 1. The summed E-state index contributed by atoms with van der Waals surface area (Å²) >= 11 is 13.5. The number of aryl methyl sites for hydroxylation is 1. The Bertz CT molecular complexity index is 1210. The zero-order valence-corrected chi connectivity index (χ0v) is 15.5. The SMILES string of the molecule is Cn1c(=NC(=O)c2ccc(Cl)cc2Cl)sc2ccc3ccccc3c21. The molecule has 0 saturated heterocycles. The summed E-state index contributed by atoms with van der Waals surface area (Å²) in [6, 6.07) is 17.1. The summed E-state index contributed by atoms with van der Waals surface area (Å²) in [6.45, 7) is 0. The molecule has 0 radical (unpaired) electrons. The fraction of sp³-hybridized carbons (Fsp3) is 0.0526. The lowest BCUT2D eigenvalue weighted by molar-refractivity contribution is 0.0998.